The second-order valence-electron chi connectivity index (χ2n) is 8.03. The van der Waals surface area contributed by atoms with Crippen LogP contribution in [0.2, 0.25) is 0 Å². The lowest BCUT2D eigenvalue weighted by Gasteiger charge is -2.20. The number of unbranched alkanes of at least 4 members (excludes halogenated alkanes) is 3. The van der Waals surface area contributed by atoms with Crippen molar-refractivity contribution in [3.63, 3.8) is 0 Å². The molecule has 0 radical (unpaired) electrons. The van der Waals surface area contributed by atoms with Crippen LogP contribution in [0.5, 0.6) is 0 Å². The lowest BCUT2D eigenvalue weighted by molar-refractivity contribution is -0.141. The van der Waals surface area contributed by atoms with Crippen LogP contribution in [0.1, 0.15) is 62.6 Å². The van der Waals surface area contributed by atoms with Gasteiger partial charge in [0.1, 0.15) is 6.04 Å². The van der Waals surface area contributed by atoms with Gasteiger partial charge in [-0.05, 0) is 55.2 Å². The maximum absolute atomic E-state index is 12.3. The van der Waals surface area contributed by atoms with Crippen molar-refractivity contribution in [2.75, 3.05) is 0 Å². The van der Waals surface area contributed by atoms with Crippen molar-refractivity contribution in [3.8, 4) is 11.3 Å². The van der Waals surface area contributed by atoms with Crippen molar-refractivity contribution >= 4 is 22.8 Å². The van der Waals surface area contributed by atoms with E-state index in [1.807, 2.05) is 41.8 Å². The van der Waals surface area contributed by atoms with Crippen LogP contribution in [0.3, 0.4) is 0 Å². The fourth-order valence-corrected chi connectivity index (χ4v) is 4.25. The Bertz CT molecular complexity index is 1060. The largest absolute Gasteiger partial charge is 0.481 e. The molecule has 6 heteroatoms. The van der Waals surface area contributed by atoms with E-state index >= 15 is 0 Å². The number of carboxylic acids is 2. The zero-order chi connectivity index (χ0) is 22.4. The second kappa shape index (κ2) is 10.2. The lowest BCUT2D eigenvalue weighted by atomic mass is 10.0. The number of aromatic nitrogens is 2. The van der Waals surface area contributed by atoms with Crippen LogP contribution < -0.4 is 0 Å². The zero-order valence-electron chi connectivity index (χ0n) is 18.2. The molecular weight excluding hydrogens is 392 g/mol. The van der Waals surface area contributed by atoms with Crippen molar-refractivity contribution in [2.45, 2.75) is 64.8 Å². The number of pyridine rings is 1. The summed E-state index contributed by atoms with van der Waals surface area (Å²) < 4.78 is 1.95. The molecule has 2 heterocycles. The average molecular weight is 423 g/mol. The summed E-state index contributed by atoms with van der Waals surface area (Å²) in [5.74, 6) is -1.66. The first kappa shape index (κ1) is 22.5. The number of carbonyl (C=O) groups is 2. The van der Waals surface area contributed by atoms with Gasteiger partial charge in [0.2, 0.25) is 0 Å². The highest BCUT2D eigenvalue weighted by atomic mass is 16.4. The van der Waals surface area contributed by atoms with Crippen LogP contribution in [0.15, 0.2) is 42.7 Å². The Morgan fingerprint density at radius 2 is 1.81 bits per heavy atom. The number of hydrogen-bond donors (Lipinski definition) is 2. The minimum Gasteiger partial charge on any atom is -0.481 e. The Morgan fingerprint density at radius 1 is 1.06 bits per heavy atom. The van der Waals surface area contributed by atoms with Crippen LogP contribution in [0, 0.1) is 6.92 Å². The summed E-state index contributed by atoms with van der Waals surface area (Å²) in [6.07, 6.45) is 8.58. The van der Waals surface area contributed by atoms with Gasteiger partial charge in [-0.25, -0.2) is 4.79 Å². The third kappa shape index (κ3) is 5.13. The summed E-state index contributed by atoms with van der Waals surface area (Å²) >= 11 is 0. The normalized spacial score (nSPS) is 12.2. The first-order chi connectivity index (χ1) is 14.9. The Hall–Kier alpha value is -3.15. The van der Waals surface area contributed by atoms with Crippen molar-refractivity contribution < 1.29 is 19.8 Å². The van der Waals surface area contributed by atoms with Gasteiger partial charge in [0.25, 0.3) is 0 Å². The molecule has 0 aliphatic rings. The molecule has 1 atom stereocenters. The van der Waals surface area contributed by atoms with Crippen LogP contribution in [0.25, 0.3) is 22.2 Å². The van der Waals surface area contributed by atoms with Crippen molar-refractivity contribution in [1.82, 2.24) is 9.55 Å². The Kier molecular flexibility index (Phi) is 7.45. The predicted molar refractivity (Wildman–Crippen MR) is 121 cm³/mol. The SMILES string of the molecule is CCCCCCC(C(=O)O)n1c(-c2ccncc2)c(C)c2cc(CCC(=O)O)ccc21. The smallest absolute Gasteiger partial charge is 0.326 e. The van der Waals surface area contributed by atoms with Gasteiger partial charge >= 0.3 is 11.9 Å². The molecule has 0 bridgehead atoms. The topological polar surface area (TPSA) is 92.4 Å². The highest BCUT2D eigenvalue weighted by molar-refractivity contribution is 5.94. The first-order valence-electron chi connectivity index (χ1n) is 10.9. The van der Waals surface area contributed by atoms with Crippen LogP contribution in [-0.4, -0.2) is 31.7 Å². The molecule has 1 unspecified atom stereocenters. The highest BCUT2D eigenvalue weighted by Gasteiger charge is 2.26. The van der Waals surface area contributed by atoms with Gasteiger partial charge in [-0.3, -0.25) is 9.78 Å². The number of aryl methyl sites for hydroxylation is 2. The molecule has 164 valence electrons. The molecule has 6 nitrogen and oxygen atoms in total. The van der Waals surface area contributed by atoms with Crippen LogP contribution in [0.4, 0.5) is 0 Å². The molecule has 0 aliphatic heterocycles. The Balaban J connectivity index is 2.14. The first-order valence-corrected chi connectivity index (χ1v) is 10.9. The van der Waals surface area contributed by atoms with Gasteiger partial charge in [-0.15, -0.1) is 0 Å². The molecule has 1 aromatic carbocycles. The Labute approximate surface area is 182 Å². The van der Waals surface area contributed by atoms with E-state index in [0.717, 1.165) is 59.0 Å². The van der Waals surface area contributed by atoms with E-state index in [1.165, 1.54) is 0 Å². The molecule has 0 aliphatic carbocycles. The number of nitrogens with zero attached hydrogens (tertiary/aromatic N) is 2. The summed E-state index contributed by atoms with van der Waals surface area (Å²) in [6.45, 7) is 4.15. The maximum Gasteiger partial charge on any atom is 0.326 e. The average Bonchev–Trinajstić information content (AvgIpc) is 3.04. The van der Waals surface area contributed by atoms with Crippen molar-refractivity contribution in [2.24, 2.45) is 0 Å². The van der Waals surface area contributed by atoms with Gasteiger partial charge in [-0.1, -0.05) is 38.7 Å². The summed E-state index contributed by atoms with van der Waals surface area (Å²) in [5.41, 5.74) is 4.61. The third-order valence-electron chi connectivity index (χ3n) is 5.83. The second-order valence-corrected chi connectivity index (χ2v) is 8.03. The molecule has 0 saturated carbocycles. The van der Waals surface area contributed by atoms with Crippen molar-refractivity contribution in [1.29, 1.82) is 0 Å². The van der Waals surface area contributed by atoms with Gasteiger partial charge in [0, 0.05) is 35.3 Å². The predicted octanol–water partition coefficient (Wildman–Crippen LogP) is 5.63. The molecule has 31 heavy (non-hydrogen) atoms. The van der Waals surface area contributed by atoms with E-state index < -0.39 is 18.0 Å². The standard InChI is InChI=1S/C25H30N2O4/c1-3-4-5-6-7-22(25(30)31)27-21-10-8-18(9-11-23(28)29)16-20(21)17(2)24(27)19-12-14-26-15-13-19/h8,10,12-16,22H,3-7,9,11H2,1-2H3,(H,28,29)(H,30,31). The van der Waals surface area contributed by atoms with E-state index in [4.69, 9.17) is 5.11 Å². The molecule has 2 N–H and O–H groups in total. The Morgan fingerprint density at radius 3 is 2.45 bits per heavy atom. The van der Waals surface area contributed by atoms with E-state index in [9.17, 15) is 14.7 Å². The number of aliphatic carboxylic acids is 2. The number of hydrogen-bond acceptors (Lipinski definition) is 3. The maximum atomic E-state index is 12.3. The van der Waals surface area contributed by atoms with Crippen molar-refractivity contribution in [3.05, 3.63) is 53.9 Å². The molecular formula is C25H30N2O4. The van der Waals surface area contributed by atoms with E-state index in [1.54, 1.807) is 12.4 Å². The van der Waals surface area contributed by atoms with Gasteiger partial charge < -0.3 is 14.8 Å². The quantitative estimate of drug-likeness (QED) is 0.391. The fourth-order valence-electron chi connectivity index (χ4n) is 4.25. The lowest BCUT2D eigenvalue weighted by Crippen LogP contribution is -2.20. The van der Waals surface area contributed by atoms with E-state index in [-0.39, 0.29) is 6.42 Å². The number of benzene rings is 1. The van der Waals surface area contributed by atoms with Gasteiger partial charge in [0.05, 0.1) is 5.69 Å². The summed E-state index contributed by atoms with van der Waals surface area (Å²) in [5, 5.41) is 20.1. The van der Waals surface area contributed by atoms with Crippen LogP contribution >= 0.6 is 0 Å². The number of rotatable bonds is 11. The minimum atomic E-state index is -0.835. The highest BCUT2D eigenvalue weighted by Crippen LogP contribution is 2.38. The minimum absolute atomic E-state index is 0.0671. The molecule has 3 aromatic rings. The van der Waals surface area contributed by atoms with Crippen LogP contribution in [-0.2, 0) is 16.0 Å². The van der Waals surface area contributed by atoms with Gasteiger partial charge in [0.15, 0.2) is 0 Å². The molecule has 0 saturated heterocycles. The van der Waals surface area contributed by atoms with E-state index in [2.05, 4.69) is 11.9 Å². The zero-order valence-corrected chi connectivity index (χ0v) is 18.2. The van der Waals surface area contributed by atoms with Gasteiger partial charge in [-0.2, -0.15) is 0 Å². The summed E-state index contributed by atoms with van der Waals surface area (Å²) in [4.78, 5) is 27.4. The molecule has 2 aromatic heterocycles. The molecule has 0 spiro atoms. The summed E-state index contributed by atoms with van der Waals surface area (Å²) in [6, 6.07) is 8.99. The third-order valence-corrected chi connectivity index (χ3v) is 5.83. The monoisotopic (exact) mass is 422 g/mol. The summed E-state index contributed by atoms with van der Waals surface area (Å²) in [7, 11) is 0. The molecule has 3 rings (SSSR count). The molecule has 0 amide bonds. The fraction of sp³-hybridized carbons (Fsp3) is 0.400. The number of carboxylic acid groups (broad SMARTS) is 2. The molecule has 0 fully saturated rings. The number of fused-ring (bicyclic) bond motifs is 1. The van der Waals surface area contributed by atoms with E-state index in [0.29, 0.717) is 12.8 Å².